The number of nitrogen functional groups attached to an aromatic ring is 1. The minimum Gasteiger partial charge on any atom is -0.399 e. The molecule has 0 spiro atoms. The molecule has 1 aliphatic rings. The van der Waals surface area contributed by atoms with Gasteiger partial charge in [-0.1, -0.05) is 6.07 Å². The van der Waals surface area contributed by atoms with Crippen molar-refractivity contribution in [2.45, 2.75) is 6.42 Å². The van der Waals surface area contributed by atoms with E-state index in [-0.39, 0.29) is 5.91 Å². The van der Waals surface area contributed by atoms with Gasteiger partial charge in [-0.2, -0.15) is 0 Å². The third-order valence-electron chi connectivity index (χ3n) is 3.35. The monoisotopic (exact) mass is 262 g/mol. The van der Waals surface area contributed by atoms with Crippen LogP contribution in [-0.2, 0) is 4.79 Å². The SMILES string of the molecule is CN1CCCN(CC(=O)Nc2cccc(N)c2)CC1. The number of hydrogen-bond acceptors (Lipinski definition) is 4. The Morgan fingerprint density at radius 2 is 2.16 bits per heavy atom. The van der Waals surface area contributed by atoms with Gasteiger partial charge in [0.05, 0.1) is 6.54 Å². The number of likely N-dealkylation sites (N-methyl/N-ethyl adjacent to an activating group) is 1. The molecule has 0 saturated carbocycles. The maximum atomic E-state index is 12.0. The molecule has 1 aromatic carbocycles. The summed E-state index contributed by atoms with van der Waals surface area (Å²) in [5.41, 5.74) is 7.11. The maximum Gasteiger partial charge on any atom is 0.238 e. The number of rotatable bonds is 3. The molecule has 1 saturated heterocycles. The van der Waals surface area contributed by atoms with Crippen LogP contribution >= 0.6 is 0 Å². The Balaban J connectivity index is 1.84. The second-order valence-electron chi connectivity index (χ2n) is 5.11. The van der Waals surface area contributed by atoms with Crippen LogP contribution in [0.5, 0.6) is 0 Å². The molecule has 1 aliphatic heterocycles. The third kappa shape index (κ3) is 4.54. The number of anilines is 2. The van der Waals surface area contributed by atoms with Crippen molar-refractivity contribution < 1.29 is 4.79 Å². The summed E-state index contributed by atoms with van der Waals surface area (Å²) in [5, 5.41) is 2.89. The molecule has 1 aromatic rings. The zero-order valence-electron chi connectivity index (χ0n) is 11.4. The molecule has 5 heteroatoms. The highest BCUT2D eigenvalue weighted by atomic mass is 16.2. The number of carbonyl (C=O) groups excluding carboxylic acids is 1. The standard InChI is InChI=1S/C14H22N4O/c1-17-6-3-7-18(9-8-17)11-14(19)16-13-5-2-4-12(15)10-13/h2,4-5,10H,3,6-9,11,15H2,1H3,(H,16,19). The first kappa shape index (κ1) is 13.8. The van der Waals surface area contributed by atoms with E-state index in [2.05, 4.69) is 22.2 Å². The quantitative estimate of drug-likeness (QED) is 0.793. The van der Waals surface area contributed by atoms with Gasteiger partial charge in [-0.05, 0) is 44.8 Å². The van der Waals surface area contributed by atoms with Crippen molar-refractivity contribution in [3.8, 4) is 0 Å². The summed E-state index contributed by atoms with van der Waals surface area (Å²) >= 11 is 0. The van der Waals surface area contributed by atoms with Crippen molar-refractivity contribution in [3.05, 3.63) is 24.3 Å². The van der Waals surface area contributed by atoms with Gasteiger partial charge in [0.15, 0.2) is 0 Å². The average Bonchev–Trinajstić information content (AvgIpc) is 2.54. The summed E-state index contributed by atoms with van der Waals surface area (Å²) in [4.78, 5) is 16.5. The van der Waals surface area contributed by atoms with E-state index in [0.29, 0.717) is 12.2 Å². The maximum absolute atomic E-state index is 12.0. The normalized spacial score (nSPS) is 17.9. The van der Waals surface area contributed by atoms with Crippen LogP contribution < -0.4 is 11.1 Å². The number of hydrogen-bond donors (Lipinski definition) is 2. The molecule has 0 aromatic heterocycles. The molecule has 5 nitrogen and oxygen atoms in total. The van der Waals surface area contributed by atoms with Crippen LogP contribution in [0.15, 0.2) is 24.3 Å². The van der Waals surface area contributed by atoms with Crippen LogP contribution in [0, 0.1) is 0 Å². The van der Waals surface area contributed by atoms with Crippen LogP contribution in [0.1, 0.15) is 6.42 Å². The van der Waals surface area contributed by atoms with E-state index >= 15 is 0 Å². The fourth-order valence-corrected chi connectivity index (χ4v) is 2.28. The number of benzene rings is 1. The van der Waals surface area contributed by atoms with Crippen molar-refractivity contribution in [2.24, 2.45) is 0 Å². The van der Waals surface area contributed by atoms with Crippen LogP contribution in [0.3, 0.4) is 0 Å². The molecule has 0 atom stereocenters. The molecule has 0 aliphatic carbocycles. The highest BCUT2D eigenvalue weighted by Gasteiger charge is 2.14. The first-order valence-corrected chi connectivity index (χ1v) is 6.70. The predicted molar refractivity (Wildman–Crippen MR) is 78.0 cm³/mol. The largest absolute Gasteiger partial charge is 0.399 e. The lowest BCUT2D eigenvalue weighted by molar-refractivity contribution is -0.117. The van der Waals surface area contributed by atoms with Crippen molar-refractivity contribution >= 4 is 17.3 Å². The van der Waals surface area contributed by atoms with Crippen molar-refractivity contribution in [2.75, 3.05) is 50.8 Å². The Bertz CT molecular complexity index is 435. The Kier molecular flexibility index (Phi) is 4.76. The molecule has 0 bridgehead atoms. The molecule has 19 heavy (non-hydrogen) atoms. The highest BCUT2D eigenvalue weighted by Crippen LogP contribution is 2.11. The fourth-order valence-electron chi connectivity index (χ4n) is 2.28. The minimum atomic E-state index is 0.0233. The van der Waals surface area contributed by atoms with Crippen LogP contribution in [-0.4, -0.2) is 55.5 Å². The van der Waals surface area contributed by atoms with Crippen molar-refractivity contribution in [3.63, 3.8) is 0 Å². The second kappa shape index (κ2) is 6.54. The van der Waals surface area contributed by atoms with Gasteiger partial charge in [-0.25, -0.2) is 0 Å². The van der Waals surface area contributed by atoms with E-state index in [1.165, 1.54) is 0 Å². The van der Waals surface area contributed by atoms with Crippen molar-refractivity contribution in [1.82, 2.24) is 9.80 Å². The number of nitrogens with zero attached hydrogens (tertiary/aromatic N) is 2. The van der Waals surface area contributed by atoms with Gasteiger partial charge in [0, 0.05) is 24.5 Å². The van der Waals surface area contributed by atoms with E-state index in [0.717, 1.165) is 38.3 Å². The lowest BCUT2D eigenvalue weighted by atomic mass is 10.3. The summed E-state index contributed by atoms with van der Waals surface area (Å²) in [6, 6.07) is 7.27. The predicted octanol–water partition coefficient (Wildman–Crippen LogP) is 0.845. The van der Waals surface area contributed by atoms with Gasteiger partial charge in [0.1, 0.15) is 0 Å². The first-order valence-electron chi connectivity index (χ1n) is 6.70. The van der Waals surface area contributed by atoms with Crippen LogP contribution in [0.2, 0.25) is 0 Å². The highest BCUT2D eigenvalue weighted by molar-refractivity contribution is 5.92. The average molecular weight is 262 g/mol. The number of carbonyl (C=O) groups is 1. The summed E-state index contributed by atoms with van der Waals surface area (Å²) < 4.78 is 0. The molecular formula is C14H22N4O. The van der Waals surface area contributed by atoms with Crippen LogP contribution in [0.4, 0.5) is 11.4 Å². The van der Waals surface area contributed by atoms with E-state index in [4.69, 9.17) is 5.73 Å². The van der Waals surface area contributed by atoms with E-state index in [9.17, 15) is 4.79 Å². The fraction of sp³-hybridized carbons (Fsp3) is 0.500. The number of nitrogens with one attached hydrogen (secondary N) is 1. The molecule has 1 amide bonds. The Labute approximate surface area is 114 Å². The first-order chi connectivity index (χ1) is 9.13. The second-order valence-corrected chi connectivity index (χ2v) is 5.11. The summed E-state index contributed by atoms with van der Waals surface area (Å²) in [6.45, 7) is 4.50. The molecule has 104 valence electrons. The molecule has 1 heterocycles. The van der Waals surface area contributed by atoms with Crippen LogP contribution in [0.25, 0.3) is 0 Å². The smallest absolute Gasteiger partial charge is 0.238 e. The lowest BCUT2D eigenvalue weighted by Crippen LogP contribution is -2.35. The number of nitrogens with two attached hydrogens (primary N) is 1. The Morgan fingerprint density at radius 3 is 2.95 bits per heavy atom. The van der Waals surface area contributed by atoms with Gasteiger partial charge < -0.3 is 16.0 Å². The van der Waals surface area contributed by atoms with E-state index in [1.807, 2.05) is 12.1 Å². The zero-order valence-corrected chi connectivity index (χ0v) is 11.4. The third-order valence-corrected chi connectivity index (χ3v) is 3.35. The molecule has 1 fully saturated rings. The Morgan fingerprint density at radius 1 is 1.32 bits per heavy atom. The van der Waals surface area contributed by atoms with Gasteiger partial charge >= 0.3 is 0 Å². The van der Waals surface area contributed by atoms with Gasteiger partial charge in [0.2, 0.25) is 5.91 Å². The molecule has 0 unspecified atom stereocenters. The molecule has 2 rings (SSSR count). The van der Waals surface area contributed by atoms with E-state index < -0.39 is 0 Å². The lowest BCUT2D eigenvalue weighted by Gasteiger charge is -2.19. The molecular weight excluding hydrogens is 240 g/mol. The minimum absolute atomic E-state index is 0.0233. The molecule has 3 N–H and O–H groups in total. The van der Waals surface area contributed by atoms with Gasteiger partial charge in [-0.15, -0.1) is 0 Å². The van der Waals surface area contributed by atoms with Crippen molar-refractivity contribution in [1.29, 1.82) is 0 Å². The topological polar surface area (TPSA) is 61.6 Å². The number of amides is 1. The van der Waals surface area contributed by atoms with Gasteiger partial charge in [0.25, 0.3) is 0 Å². The molecule has 0 radical (unpaired) electrons. The summed E-state index contributed by atoms with van der Waals surface area (Å²) in [7, 11) is 2.12. The Hall–Kier alpha value is -1.59. The van der Waals surface area contributed by atoms with Gasteiger partial charge in [-0.3, -0.25) is 9.69 Å². The summed E-state index contributed by atoms with van der Waals surface area (Å²) in [5.74, 6) is 0.0233. The summed E-state index contributed by atoms with van der Waals surface area (Å²) in [6.07, 6.45) is 1.11. The van der Waals surface area contributed by atoms with E-state index in [1.54, 1.807) is 12.1 Å². The zero-order chi connectivity index (χ0) is 13.7.